The molecule has 138 valence electrons. The molecule has 0 N–H and O–H groups in total. The molecule has 1 amide bonds. The van der Waals surface area contributed by atoms with Gasteiger partial charge < -0.3 is 18.9 Å². The number of aromatic nitrogens is 3. The Bertz CT molecular complexity index is 905. The lowest BCUT2D eigenvalue weighted by Gasteiger charge is -2.38. The van der Waals surface area contributed by atoms with Gasteiger partial charge >= 0.3 is 0 Å². The summed E-state index contributed by atoms with van der Waals surface area (Å²) in [6.07, 6.45) is 3.20. The monoisotopic (exact) mass is 366 g/mol. The van der Waals surface area contributed by atoms with E-state index in [1.165, 1.54) is 0 Å². The van der Waals surface area contributed by atoms with Crippen molar-refractivity contribution in [3.05, 3.63) is 60.2 Å². The molecule has 2 aromatic heterocycles. The smallest absolute Gasteiger partial charge is 0.255 e. The predicted molar refractivity (Wildman–Crippen MR) is 95.0 cm³/mol. The molecule has 8 nitrogen and oxygen atoms in total. The number of ether oxygens (including phenoxy) is 2. The van der Waals surface area contributed by atoms with Crippen LogP contribution in [0.25, 0.3) is 11.4 Å². The van der Waals surface area contributed by atoms with Crippen molar-refractivity contribution in [2.24, 2.45) is 0 Å². The van der Waals surface area contributed by atoms with Crippen molar-refractivity contribution < 1.29 is 18.8 Å². The third kappa shape index (κ3) is 3.80. The first-order valence-corrected chi connectivity index (χ1v) is 8.51. The highest BCUT2D eigenvalue weighted by Crippen LogP contribution is 2.23. The van der Waals surface area contributed by atoms with Crippen LogP contribution in [0, 0.1) is 0 Å². The van der Waals surface area contributed by atoms with E-state index in [1.807, 2.05) is 24.3 Å². The van der Waals surface area contributed by atoms with E-state index in [-0.39, 0.29) is 18.6 Å². The number of rotatable bonds is 6. The van der Waals surface area contributed by atoms with Crippen LogP contribution in [0.5, 0.6) is 5.75 Å². The lowest BCUT2D eigenvalue weighted by molar-refractivity contribution is 0.0177. The normalized spacial score (nSPS) is 14.0. The van der Waals surface area contributed by atoms with Gasteiger partial charge in [-0.15, -0.1) is 0 Å². The Morgan fingerprint density at radius 2 is 2.07 bits per heavy atom. The molecule has 8 heteroatoms. The van der Waals surface area contributed by atoms with E-state index in [0.29, 0.717) is 30.4 Å². The predicted octanol–water partition coefficient (Wildman–Crippen LogP) is 2.18. The van der Waals surface area contributed by atoms with E-state index < -0.39 is 0 Å². The first-order chi connectivity index (χ1) is 13.2. The van der Waals surface area contributed by atoms with Crippen LogP contribution in [0.3, 0.4) is 0 Å². The zero-order chi connectivity index (χ0) is 18.6. The standard InChI is InChI=1S/C19H18N4O4/c1-25-12-17-21-18(22-27-17)13-4-6-15(7-5-13)26-16-10-23(11-16)19(24)14-3-2-8-20-9-14/h2-9,16H,10-12H2,1H3. The van der Waals surface area contributed by atoms with Gasteiger partial charge in [0.05, 0.1) is 18.7 Å². The van der Waals surface area contributed by atoms with Gasteiger partial charge in [-0.2, -0.15) is 4.98 Å². The van der Waals surface area contributed by atoms with E-state index in [2.05, 4.69) is 15.1 Å². The van der Waals surface area contributed by atoms with Crippen LogP contribution in [-0.2, 0) is 11.3 Å². The molecule has 1 aliphatic rings. The number of nitrogens with zero attached hydrogens (tertiary/aromatic N) is 4. The van der Waals surface area contributed by atoms with E-state index >= 15 is 0 Å². The number of hydrogen-bond donors (Lipinski definition) is 0. The lowest BCUT2D eigenvalue weighted by Crippen LogP contribution is -2.56. The molecule has 3 aromatic rings. The Labute approximate surface area is 155 Å². The molecule has 1 aliphatic heterocycles. The average Bonchev–Trinajstić information content (AvgIpc) is 3.14. The summed E-state index contributed by atoms with van der Waals surface area (Å²) >= 11 is 0. The number of methoxy groups -OCH3 is 1. The summed E-state index contributed by atoms with van der Waals surface area (Å²) in [5.41, 5.74) is 1.42. The third-order valence-corrected chi connectivity index (χ3v) is 4.19. The second-order valence-corrected chi connectivity index (χ2v) is 6.16. The van der Waals surface area contributed by atoms with Gasteiger partial charge in [0.2, 0.25) is 5.82 Å². The van der Waals surface area contributed by atoms with Crippen LogP contribution in [0.2, 0.25) is 0 Å². The molecule has 3 heterocycles. The van der Waals surface area contributed by atoms with Crippen molar-refractivity contribution in [2.45, 2.75) is 12.7 Å². The SMILES string of the molecule is COCc1nc(-c2ccc(OC3CN(C(=O)c4cccnc4)C3)cc2)no1. The summed E-state index contributed by atoms with van der Waals surface area (Å²) in [4.78, 5) is 22.2. The first kappa shape index (κ1) is 17.2. The van der Waals surface area contributed by atoms with Gasteiger partial charge in [0.15, 0.2) is 0 Å². The van der Waals surface area contributed by atoms with Gasteiger partial charge in [0, 0.05) is 25.1 Å². The van der Waals surface area contributed by atoms with Crippen molar-refractivity contribution in [1.82, 2.24) is 20.0 Å². The molecular formula is C19H18N4O4. The number of amides is 1. The Morgan fingerprint density at radius 3 is 2.78 bits per heavy atom. The van der Waals surface area contributed by atoms with Crippen LogP contribution in [0.1, 0.15) is 16.2 Å². The molecule has 0 saturated carbocycles. The molecular weight excluding hydrogens is 348 g/mol. The molecule has 0 radical (unpaired) electrons. The average molecular weight is 366 g/mol. The maximum atomic E-state index is 12.3. The molecule has 1 aromatic carbocycles. The summed E-state index contributed by atoms with van der Waals surface area (Å²) in [5.74, 6) is 1.64. The van der Waals surface area contributed by atoms with Gasteiger partial charge in [0.1, 0.15) is 18.5 Å². The van der Waals surface area contributed by atoms with Crippen molar-refractivity contribution in [3.63, 3.8) is 0 Å². The highest BCUT2D eigenvalue weighted by molar-refractivity contribution is 5.94. The number of carbonyl (C=O) groups is 1. The van der Waals surface area contributed by atoms with Crippen molar-refractivity contribution in [3.8, 4) is 17.1 Å². The molecule has 27 heavy (non-hydrogen) atoms. The lowest BCUT2D eigenvalue weighted by atomic mass is 10.1. The largest absolute Gasteiger partial charge is 0.487 e. The minimum absolute atomic E-state index is 0.0186. The van der Waals surface area contributed by atoms with Crippen molar-refractivity contribution in [2.75, 3.05) is 20.2 Å². The topological polar surface area (TPSA) is 90.6 Å². The molecule has 0 spiro atoms. The van der Waals surface area contributed by atoms with E-state index in [9.17, 15) is 4.79 Å². The number of hydrogen-bond acceptors (Lipinski definition) is 7. The summed E-state index contributed by atoms with van der Waals surface area (Å²) in [7, 11) is 1.57. The zero-order valence-electron chi connectivity index (χ0n) is 14.7. The second kappa shape index (κ2) is 7.55. The molecule has 1 saturated heterocycles. The Hall–Kier alpha value is -3.26. The van der Waals surface area contributed by atoms with E-state index in [1.54, 1.807) is 36.5 Å². The maximum absolute atomic E-state index is 12.3. The quantitative estimate of drug-likeness (QED) is 0.660. The van der Waals surface area contributed by atoms with Gasteiger partial charge in [-0.05, 0) is 36.4 Å². The van der Waals surface area contributed by atoms with Gasteiger partial charge in [-0.25, -0.2) is 0 Å². The summed E-state index contributed by atoms with van der Waals surface area (Å²) in [6, 6.07) is 11.0. The molecule has 4 rings (SSSR count). The molecule has 0 bridgehead atoms. The van der Waals surface area contributed by atoms with E-state index in [4.69, 9.17) is 14.0 Å². The van der Waals surface area contributed by atoms with Crippen LogP contribution < -0.4 is 4.74 Å². The molecule has 1 fully saturated rings. The van der Waals surface area contributed by atoms with Crippen molar-refractivity contribution in [1.29, 1.82) is 0 Å². The zero-order valence-corrected chi connectivity index (χ0v) is 14.7. The Kier molecular flexibility index (Phi) is 4.80. The summed E-state index contributed by atoms with van der Waals surface area (Å²) in [6.45, 7) is 1.39. The molecule has 0 aliphatic carbocycles. The number of pyridine rings is 1. The van der Waals surface area contributed by atoms with E-state index in [0.717, 1.165) is 11.3 Å². The van der Waals surface area contributed by atoms with Gasteiger partial charge in [0.25, 0.3) is 11.8 Å². The third-order valence-electron chi connectivity index (χ3n) is 4.19. The maximum Gasteiger partial charge on any atom is 0.255 e. The highest BCUT2D eigenvalue weighted by atomic mass is 16.5. The fourth-order valence-electron chi connectivity index (χ4n) is 2.78. The van der Waals surface area contributed by atoms with Crippen LogP contribution in [0.4, 0.5) is 0 Å². The van der Waals surface area contributed by atoms with Gasteiger partial charge in [-0.3, -0.25) is 9.78 Å². The second-order valence-electron chi connectivity index (χ2n) is 6.16. The number of benzene rings is 1. The van der Waals surface area contributed by atoms with Crippen LogP contribution in [-0.4, -0.2) is 52.2 Å². The summed E-state index contributed by atoms with van der Waals surface area (Å²) < 4.78 is 16.0. The fourth-order valence-corrected chi connectivity index (χ4v) is 2.78. The van der Waals surface area contributed by atoms with Crippen molar-refractivity contribution >= 4 is 5.91 Å². The highest BCUT2D eigenvalue weighted by Gasteiger charge is 2.32. The molecule has 0 unspecified atom stereocenters. The fraction of sp³-hybridized carbons (Fsp3) is 0.263. The van der Waals surface area contributed by atoms with Gasteiger partial charge in [-0.1, -0.05) is 5.16 Å². The Morgan fingerprint density at radius 1 is 1.26 bits per heavy atom. The number of carbonyl (C=O) groups excluding carboxylic acids is 1. The number of likely N-dealkylation sites (tertiary alicyclic amines) is 1. The Balaban J connectivity index is 1.31. The van der Waals surface area contributed by atoms with Crippen LogP contribution >= 0.6 is 0 Å². The first-order valence-electron chi connectivity index (χ1n) is 8.51. The summed E-state index contributed by atoms with van der Waals surface area (Å²) in [5, 5.41) is 3.92. The van der Waals surface area contributed by atoms with Crippen LogP contribution in [0.15, 0.2) is 53.3 Å². The minimum Gasteiger partial charge on any atom is -0.487 e. The minimum atomic E-state index is -0.0257. The molecule has 0 atom stereocenters.